The maximum absolute atomic E-state index is 12.3. The SMILES string of the molecule is CC(C)[C@H](N)C(=O)NC(CC(=O)O)C(O)CF. The molecule has 7 heteroatoms. The van der Waals surface area contributed by atoms with Crippen molar-refractivity contribution in [2.24, 2.45) is 11.7 Å². The van der Waals surface area contributed by atoms with Crippen LogP contribution in [0, 0.1) is 5.92 Å². The Labute approximate surface area is 99.0 Å². The third kappa shape index (κ3) is 5.60. The minimum absolute atomic E-state index is 0.136. The van der Waals surface area contributed by atoms with E-state index in [2.05, 4.69) is 5.32 Å². The first kappa shape index (κ1) is 15.8. The topological polar surface area (TPSA) is 113 Å². The highest BCUT2D eigenvalue weighted by Gasteiger charge is 2.27. The van der Waals surface area contributed by atoms with Crippen molar-refractivity contribution in [2.45, 2.75) is 38.5 Å². The third-order valence-corrected chi connectivity index (χ3v) is 2.37. The third-order valence-electron chi connectivity index (χ3n) is 2.37. The number of nitrogens with one attached hydrogen (secondary N) is 1. The van der Waals surface area contributed by atoms with Crippen LogP contribution in [0.3, 0.4) is 0 Å². The van der Waals surface area contributed by atoms with Crippen molar-refractivity contribution >= 4 is 11.9 Å². The summed E-state index contributed by atoms with van der Waals surface area (Å²) >= 11 is 0. The van der Waals surface area contributed by atoms with Crippen molar-refractivity contribution in [1.29, 1.82) is 0 Å². The second kappa shape index (κ2) is 7.18. The van der Waals surface area contributed by atoms with Crippen LogP contribution in [0.5, 0.6) is 0 Å². The molecule has 0 aromatic carbocycles. The van der Waals surface area contributed by atoms with Gasteiger partial charge in [-0.2, -0.15) is 0 Å². The monoisotopic (exact) mass is 250 g/mol. The van der Waals surface area contributed by atoms with Gasteiger partial charge in [-0.25, -0.2) is 4.39 Å². The van der Waals surface area contributed by atoms with Gasteiger partial charge in [0, 0.05) is 0 Å². The smallest absolute Gasteiger partial charge is 0.305 e. The number of aliphatic carboxylic acids is 1. The van der Waals surface area contributed by atoms with Gasteiger partial charge in [-0.15, -0.1) is 0 Å². The standard InChI is InChI=1S/C10H19FN2O4/c1-5(2)9(12)10(17)13-6(3-8(15)16)7(14)4-11/h5-7,9,14H,3-4,12H2,1-2H3,(H,13,17)(H,15,16)/t6?,7?,9-/m0/s1. The van der Waals surface area contributed by atoms with Gasteiger partial charge in [-0.3, -0.25) is 9.59 Å². The average molecular weight is 250 g/mol. The van der Waals surface area contributed by atoms with Gasteiger partial charge in [0.15, 0.2) is 0 Å². The molecule has 0 rings (SSSR count). The summed E-state index contributed by atoms with van der Waals surface area (Å²) in [5, 5.41) is 20.1. The van der Waals surface area contributed by atoms with E-state index in [0.717, 1.165) is 0 Å². The first-order valence-corrected chi connectivity index (χ1v) is 5.31. The minimum atomic E-state index is -1.55. The Balaban J connectivity index is 4.52. The van der Waals surface area contributed by atoms with E-state index in [0.29, 0.717) is 0 Å². The summed E-state index contributed by atoms with van der Waals surface area (Å²) in [7, 11) is 0. The lowest BCUT2D eigenvalue weighted by atomic mass is 10.0. The molecule has 6 nitrogen and oxygen atoms in total. The van der Waals surface area contributed by atoms with Gasteiger partial charge in [-0.1, -0.05) is 13.8 Å². The van der Waals surface area contributed by atoms with Crippen LogP contribution in [0.25, 0.3) is 0 Å². The number of hydrogen-bond acceptors (Lipinski definition) is 4. The molecule has 17 heavy (non-hydrogen) atoms. The van der Waals surface area contributed by atoms with E-state index in [1.807, 2.05) is 0 Å². The molecule has 5 N–H and O–H groups in total. The molecule has 3 atom stereocenters. The number of aliphatic hydroxyl groups excluding tert-OH is 1. The predicted octanol–water partition coefficient (Wildman–Crippen LogP) is -0.740. The normalized spacial score (nSPS) is 16.4. The van der Waals surface area contributed by atoms with Crippen molar-refractivity contribution in [3.63, 3.8) is 0 Å². The Morgan fingerprint density at radius 1 is 1.41 bits per heavy atom. The Hall–Kier alpha value is -1.21. The minimum Gasteiger partial charge on any atom is -0.481 e. The van der Waals surface area contributed by atoms with E-state index in [4.69, 9.17) is 10.8 Å². The molecule has 0 spiro atoms. The van der Waals surface area contributed by atoms with Crippen LogP contribution >= 0.6 is 0 Å². The van der Waals surface area contributed by atoms with Crippen LogP contribution in [0.15, 0.2) is 0 Å². The zero-order valence-corrected chi connectivity index (χ0v) is 9.89. The molecular weight excluding hydrogens is 231 g/mol. The van der Waals surface area contributed by atoms with Gasteiger partial charge in [-0.05, 0) is 5.92 Å². The molecule has 1 amide bonds. The summed E-state index contributed by atoms with van der Waals surface area (Å²) in [6.45, 7) is 2.32. The molecule has 0 aliphatic carbocycles. The molecule has 0 heterocycles. The first-order chi connectivity index (χ1) is 7.79. The second-order valence-corrected chi connectivity index (χ2v) is 4.20. The number of aliphatic hydroxyl groups is 1. The van der Waals surface area contributed by atoms with Crippen molar-refractivity contribution in [3.8, 4) is 0 Å². The molecule has 0 saturated heterocycles. The molecule has 2 unspecified atom stereocenters. The number of carboxylic acids is 1. The maximum atomic E-state index is 12.3. The molecule has 0 fully saturated rings. The highest BCUT2D eigenvalue weighted by Crippen LogP contribution is 2.04. The molecule has 0 aliphatic rings. The van der Waals surface area contributed by atoms with Gasteiger partial charge < -0.3 is 21.3 Å². The molecule has 0 aromatic heterocycles. The van der Waals surface area contributed by atoms with Crippen molar-refractivity contribution in [2.75, 3.05) is 6.67 Å². The van der Waals surface area contributed by atoms with Crippen LogP contribution in [-0.4, -0.2) is 47.0 Å². The summed E-state index contributed by atoms with van der Waals surface area (Å²) in [6.07, 6.45) is -2.10. The second-order valence-electron chi connectivity index (χ2n) is 4.20. The summed E-state index contributed by atoms with van der Waals surface area (Å²) < 4.78 is 12.3. The lowest BCUT2D eigenvalue weighted by Crippen LogP contribution is -2.52. The predicted molar refractivity (Wildman–Crippen MR) is 59.0 cm³/mol. The van der Waals surface area contributed by atoms with E-state index < -0.39 is 43.2 Å². The van der Waals surface area contributed by atoms with Gasteiger partial charge in [0.05, 0.1) is 18.5 Å². The average Bonchev–Trinajstić information content (AvgIpc) is 2.24. The van der Waals surface area contributed by atoms with Gasteiger partial charge in [0.1, 0.15) is 12.8 Å². The molecule has 0 saturated carbocycles. The van der Waals surface area contributed by atoms with Crippen molar-refractivity contribution in [1.82, 2.24) is 5.32 Å². The lowest BCUT2D eigenvalue weighted by Gasteiger charge is -2.23. The zero-order valence-electron chi connectivity index (χ0n) is 9.89. The fraction of sp³-hybridized carbons (Fsp3) is 0.800. The van der Waals surface area contributed by atoms with Gasteiger partial charge in [0.2, 0.25) is 5.91 Å². The summed E-state index contributed by atoms with van der Waals surface area (Å²) in [5.74, 6) is -1.97. The zero-order chi connectivity index (χ0) is 13.6. The van der Waals surface area contributed by atoms with Crippen LogP contribution in [0.4, 0.5) is 4.39 Å². The highest BCUT2D eigenvalue weighted by atomic mass is 19.1. The summed E-state index contributed by atoms with van der Waals surface area (Å²) in [5.41, 5.74) is 5.55. The van der Waals surface area contributed by atoms with E-state index in [1.54, 1.807) is 13.8 Å². The van der Waals surface area contributed by atoms with Crippen LogP contribution in [-0.2, 0) is 9.59 Å². The van der Waals surface area contributed by atoms with Crippen molar-refractivity contribution in [3.05, 3.63) is 0 Å². The van der Waals surface area contributed by atoms with Gasteiger partial charge >= 0.3 is 5.97 Å². The van der Waals surface area contributed by atoms with E-state index in [1.165, 1.54) is 0 Å². The van der Waals surface area contributed by atoms with Crippen molar-refractivity contribution < 1.29 is 24.2 Å². The number of carboxylic acid groups (broad SMARTS) is 1. The Morgan fingerprint density at radius 3 is 2.29 bits per heavy atom. The van der Waals surface area contributed by atoms with E-state index in [-0.39, 0.29) is 5.92 Å². The van der Waals surface area contributed by atoms with Crippen LogP contribution in [0.2, 0.25) is 0 Å². The summed E-state index contributed by atoms with van der Waals surface area (Å²) in [6, 6.07) is -1.99. The fourth-order valence-electron chi connectivity index (χ4n) is 1.16. The van der Waals surface area contributed by atoms with E-state index >= 15 is 0 Å². The lowest BCUT2D eigenvalue weighted by molar-refractivity contribution is -0.138. The Morgan fingerprint density at radius 2 is 1.94 bits per heavy atom. The number of alkyl halides is 1. The number of rotatable bonds is 7. The number of carbonyl (C=O) groups is 2. The molecule has 0 aliphatic heterocycles. The van der Waals surface area contributed by atoms with Gasteiger partial charge in [0.25, 0.3) is 0 Å². The summed E-state index contributed by atoms with van der Waals surface area (Å²) in [4.78, 5) is 22.0. The maximum Gasteiger partial charge on any atom is 0.305 e. The van der Waals surface area contributed by atoms with E-state index in [9.17, 15) is 19.1 Å². The first-order valence-electron chi connectivity index (χ1n) is 5.31. The number of halogens is 1. The number of carbonyl (C=O) groups excluding carboxylic acids is 1. The highest BCUT2D eigenvalue weighted by molar-refractivity contribution is 5.82. The number of hydrogen-bond donors (Lipinski definition) is 4. The molecular formula is C10H19FN2O4. The molecule has 0 bridgehead atoms. The van der Waals surface area contributed by atoms with Crippen LogP contribution in [0.1, 0.15) is 20.3 Å². The quantitative estimate of drug-likeness (QED) is 0.475. The number of amides is 1. The largest absolute Gasteiger partial charge is 0.481 e. The molecule has 0 radical (unpaired) electrons. The van der Waals surface area contributed by atoms with Crippen LogP contribution < -0.4 is 11.1 Å². The molecule has 100 valence electrons. The number of nitrogens with two attached hydrogens (primary N) is 1. The fourth-order valence-corrected chi connectivity index (χ4v) is 1.16. The Kier molecular flexibility index (Phi) is 6.67. The molecule has 0 aromatic rings. The Bertz CT molecular complexity index is 273.